The van der Waals surface area contributed by atoms with E-state index in [0.29, 0.717) is 46.1 Å². The van der Waals surface area contributed by atoms with E-state index in [2.05, 4.69) is 20.6 Å². The quantitative estimate of drug-likeness (QED) is 0.274. The number of carbonyl (C=O) groups is 1. The van der Waals surface area contributed by atoms with Crippen molar-refractivity contribution in [3.63, 3.8) is 0 Å². The lowest BCUT2D eigenvalue weighted by Crippen LogP contribution is -2.21. The van der Waals surface area contributed by atoms with E-state index < -0.39 is 0 Å². The first-order valence-electron chi connectivity index (χ1n) is 10.5. The number of aryl methyl sites for hydroxylation is 1. The standard InChI is InChI=1S/C23H22Cl2N6O2S/c1-30-20(13-19-15-6-3-4-7-16(15)22(33)31(2)29-19)27-28-23(30)34-11-5-8-21(32)26-18-10-9-14(24)12-17(18)25/h3-4,6-7,9-10,12H,5,8,11,13H2,1-2H3,(H,26,32). The molecule has 2 aromatic heterocycles. The summed E-state index contributed by atoms with van der Waals surface area (Å²) >= 11 is 13.5. The van der Waals surface area contributed by atoms with Crippen LogP contribution < -0.4 is 10.9 Å². The van der Waals surface area contributed by atoms with Gasteiger partial charge in [-0.2, -0.15) is 5.10 Å². The molecule has 11 heteroatoms. The molecular weight excluding hydrogens is 495 g/mol. The van der Waals surface area contributed by atoms with E-state index in [-0.39, 0.29) is 11.5 Å². The number of hydrogen-bond acceptors (Lipinski definition) is 6. The monoisotopic (exact) mass is 516 g/mol. The van der Waals surface area contributed by atoms with Crippen LogP contribution in [0.1, 0.15) is 24.4 Å². The summed E-state index contributed by atoms with van der Waals surface area (Å²) in [5.41, 5.74) is 1.18. The molecule has 0 aliphatic rings. The van der Waals surface area contributed by atoms with Crippen molar-refractivity contribution >= 4 is 57.3 Å². The molecule has 176 valence electrons. The Labute approximate surface area is 210 Å². The van der Waals surface area contributed by atoms with Gasteiger partial charge in [-0.3, -0.25) is 9.59 Å². The number of thioether (sulfide) groups is 1. The first kappa shape index (κ1) is 24.3. The fourth-order valence-electron chi connectivity index (χ4n) is 3.48. The fourth-order valence-corrected chi connectivity index (χ4v) is 4.81. The van der Waals surface area contributed by atoms with E-state index in [1.54, 1.807) is 31.3 Å². The van der Waals surface area contributed by atoms with Crippen molar-refractivity contribution in [3.05, 3.63) is 74.4 Å². The molecule has 0 saturated carbocycles. The van der Waals surface area contributed by atoms with E-state index in [1.807, 2.05) is 29.8 Å². The smallest absolute Gasteiger partial charge is 0.274 e. The van der Waals surface area contributed by atoms with Crippen LogP contribution in [0.15, 0.2) is 52.4 Å². The third-order valence-electron chi connectivity index (χ3n) is 5.27. The Balaban J connectivity index is 1.35. The average Bonchev–Trinajstić information content (AvgIpc) is 3.16. The highest BCUT2D eigenvalue weighted by atomic mass is 35.5. The molecule has 1 N–H and O–H groups in total. The lowest BCUT2D eigenvalue weighted by atomic mass is 10.1. The molecule has 0 radical (unpaired) electrons. The van der Waals surface area contributed by atoms with Crippen LogP contribution >= 0.6 is 35.0 Å². The van der Waals surface area contributed by atoms with Gasteiger partial charge >= 0.3 is 0 Å². The predicted octanol–water partition coefficient (Wildman–Crippen LogP) is 4.47. The average molecular weight is 517 g/mol. The van der Waals surface area contributed by atoms with Crippen molar-refractivity contribution in [3.8, 4) is 0 Å². The first-order chi connectivity index (χ1) is 16.3. The number of amides is 1. The Hall–Kier alpha value is -2.88. The Morgan fingerprint density at radius 1 is 1.09 bits per heavy atom. The van der Waals surface area contributed by atoms with Gasteiger partial charge in [0.15, 0.2) is 5.16 Å². The summed E-state index contributed by atoms with van der Waals surface area (Å²) in [7, 11) is 3.55. The van der Waals surface area contributed by atoms with Crippen molar-refractivity contribution in [1.29, 1.82) is 0 Å². The number of nitrogens with one attached hydrogen (secondary N) is 1. The van der Waals surface area contributed by atoms with E-state index >= 15 is 0 Å². The van der Waals surface area contributed by atoms with Gasteiger partial charge in [0, 0.05) is 36.7 Å². The van der Waals surface area contributed by atoms with Crippen molar-refractivity contribution in [2.75, 3.05) is 11.1 Å². The Morgan fingerprint density at radius 3 is 2.62 bits per heavy atom. The fraction of sp³-hybridized carbons (Fsp3) is 0.261. The van der Waals surface area contributed by atoms with Crippen molar-refractivity contribution < 1.29 is 4.79 Å². The van der Waals surface area contributed by atoms with Crippen LogP contribution in [0.3, 0.4) is 0 Å². The van der Waals surface area contributed by atoms with Crippen molar-refractivity contribution in [1.82, 2.24) is 24.5 Å². The molecule has 4 aromatic rings. The lowest BCUT2D eigenvalue weighted by molar-refractivity contribution is -0.116. The zero-order valence-electron chi connectivity index (χ0n) is 18.6. The molecule has 0 aliphatic carbocycles. The van der Waals surface area contributed by atoms with Crippen LogP contribution in [-0.2, 0) is 25.3 Å². The molecule has 2 heterocycles. The molecule has 1 amide bonds. The Morgan fingerprint density at radius 2 is 1.85 bits per heavy atom. The number of aromatic nitrogens is 5. The third kappa shape index (κ3) is 5.43. The molecular formula is C23H22Cl2N6O2S. The molecule has 2 aromatic carbocycles. The Bertz CT molecular complexity index is 1420. The second kappa shape index (κ2) is 10.6. The van der Waals surface area contributed by atoms with Crippen LogP contribution in [-0.4, -0.2) is 36.2 Å². The van der Waals surface area contributed by atoms with E-state index in [0.717, 1.165) is 22.1 Å². The van der Waals surface area contributed by atoms with E-state index in [1.165, 1.54) is 16.4 Å². The largest absolute Gasteiger partial charge is 0.325 e. The molecule has 0 spiro atoms. The minimum absolute atomic E-state index is 0.115. The maximum Gasteiger partial charge on any atom is 0.274 e. The molecule has 0 saturated heterocycles. The first-order valence-corrected chi connectivity index (χ1v) is 12.3. The minimum atomic E-state index is -0.129. The van der Waals surface area contributed by atoms with Crippen LogP contribution in [0.4, 0.5) is 5.69 Å². The molecule has 0 bridgehead atoms. The van der Waals surface area contributed by atoms with Gasteiger partial charge in [0.25, 0.3) is 5.56 Å². The minimum Gasteiger partial charge on any atom is -0.325 e. The van der Waals surface area contributed by atoms with Crippen LogP contribution in [0.2, 0.25) is 10.0 Å². The summed E-state index contributed by atoms with van der Waals surface area (Å²) in [6.07, 6.45) is 1.46. The number of rotatable bonds is 8. The van der Waals surface area contributed by atoms with Crippen LogP contribution in [0, 0.1) is 0 Å². The number of anilines is 1. The summed E-state index contributed by atoms with van der Waals surface area (Å²) in [6.45, 7) is 0. The molecule has 8 nitrogen and oxygen atoms in total. The number of fused-ring (bicyclic) bond motifs is 1. The maximum absolute atomic E-state index is 12.4. The molecule has 4 rings (SSSR count). The van der Waals surface area contributed by atoms with E-state index in [9.17, 15) is 9.59 Å². The van der Waals surface area contributed by atoms with Gasteiger partial charge in [-0.25, -0.2) is 4.68 Å². The number of carbonyl (C=O) groups excluding carboxylic acids is 1. The number of halogens is 2. The molecule has 0 unspecified atom stereocenters. The van der Waals surface area contributed by atoms with Gasteiger partial charge in [0.1, 0.15) is 5.82 Å². The number of nitrogens with zero attached hydrogens (tertiary/aromatic N) is 5. The van der Waals surface area contributed by atoms with Gasteiger partial charge in [0.2, 0.25) is 5.91 Å². The maximum atomic E-state index is 12.4. The topological polar surface area (TPSA) is 94.7 Å². The third-order valence-corrected chi connectivity index (χ3v) is 6.92. The number of hydrogen-bond donors (Lipinski definition) is 1. The van der Waals surface area contributed by atoms with Gasteiger partial charge < -0.3 is 9.88 Å². The predicted molar refractivity (Wildman–Crippen MR) is 136 cm³/mol. The SMILES string of the molecule is Cn1c(Cc2nn(C)c(=O)c3ccccc23)nnc1SCCCC(=O)Nc1ccc(Cl)cc1Cl. The molecule has 0 atom stereocenters. The van der Waals surface area contributed by atoms with Crippen molar-refractivity contribution in [2.24, 2.45) is 14.1 Å². The van der Waals surface area contributed by atoms with Gasteiger partial charge in [0.05, 0.1) is 28.2 Å². The number of benzene rings is 2. The van der Waals surface area contributed by atoms with Crippen molar-refractivity contribution in [2.45, 2.75) is 24.4 Å². The van der Waals surface area contributed by atoms with Gasteiger partial charge in [-0.15, -0.1) is 10.2 Å². The zero-order chi connectivity index (χ0) is 24.2. The second-order valence-corrected chi connectivity index (χ2v) is 9.59. The summed E-state index contributed by atoms with van der Waals surface area (Å²) in [5, 5.41) is 19.0. The highest BCUT2D eigenvalue weighted by Gasteiger charge is 2.15. The molecule has 34 heavy (non-hydrogen) atoms. The normalized spacial score (nSPS) is 11.2. The lowest BCUT2D eigenvalue weighted by Gasteiger charge is -2.08. The zero-order valence-corrected chi connectivity index (χ0v) is 20.9. The molecule has 0 fully saturated rings. The van der Waals surface area contributed by atoms with Gasteiger partial charge in [-0.1, -0.05) is 53.2 Å². The van der Waals surface area contributed by atoms with Crippen LogP contribution in [0.25, 0.3) is 10.8 Å². The van der Waals surface area contributed by atoms with E-state index in [4.69, 9.17) is 23.2 Å². The summed E-state index contributed by atoms with van der Waals surface area (Å²) in [6, 6.07) is 12.4. The Kier molecular flexibility index (Phi) is 7.55. The summed E-state index contributed by atoms with van der Waals surface area (Å²) < 4.78 is 3.27. The highest BCUT2D eigenvalue weighted by Crippen LogP contribution is 2.26. The summed E-state index contributed by atoms with van der Waals surface area (Å²) in [5.74, 6) is 1.33. The second-order valence-electron chi connectivity index (χ2n) is 7.68. The van der Waals surface area contributed by atoms with Crippen LogP contribution in [0.5, 0.6) is 0 Å². The highest BCUT2D eigenvalue weighted by molar-refractivity contribution is 7.99. The summed E-state index contributed by atoms with van der Waals surface area (Å²) in [4.78, 5) is 24.6. The molecule has 0 aliphatic heterocycles. The van der Waals surface area contributed by atoms with Gasteiger partial charge in [-0.05, 0) is 30.7 Å².